The average molecular weight is 387 g/mol. The normalized spacial score (nSPS) is 16.1. The van der Waals surface area contributed by atoms with Crippen molar-refractivity contribution in [3.05, 3.63) is 22.7 Å². The molecule has 0 unspecified atom stereocenters. The van der Waals surface area contributed by atoms with Crippen molar-refractivity contribution in [2.75, 3.05) is 12.4 Å². The summed E-state index contributed by atoms with van der Waals surface area (Å²) in [5.41, 5.74) is -0.0752. The molecule has 0 spiro atoms. The van der Waals surface area contributed by atoms with Crippen LogP contribution in [0.25, 0.3) is 0 Å². The minimum absolute atomic E-state index is 0.0752. The fraction of sp³-hybridized carbons (Fsp3) is 0.471. The zero-order valence-corrected chi connectivity index (χ0v) is 15.6. The van der Waals surface area contributed by atoms with Gasteiger partial charge in [0.25, 0.3) is 0 Å². The average Bonchev–Trinajstić information content (AvgIpc) is 2.56. The predicted octanol–water partition coefficient (Wildman–Crippen LogP) is 2.65. The van der Waals surface area contributed by atoms with Crippen LogP contribution in [0.5, 0.6) is 5.75 Å². The molecule has 136 valence electrons. The largest absolute Gasteiger partial charge is 0.491 e. The lowest BCUT2D eigenvalue weighted by Crippen LogP contribution is -2.35. The van der Waals surface area contributed by atoms with Gasteiger partial charge >= 0.3 is 0 Å². The van der Waals surface area contributed by atoms with Crippen molar-refractivity contribution in [2.45, 2.75) is 38.0 Å². The van der Waals surface area contributed by atoms with Gasteiger partial charge in [0.05, 0.1) is 17.4 Å². The number of benzene rings is 1. The summed E-state index contributed by atoms with van der Waals surface area (Å²) in [6.07, 6.45) is 0.772. The van der Waals surface area contributed by atoms with E-state index in [9.17, 15) is 22.8 Å². The van der Waals surface area contributed by atoms with Crippen molar-refractivity contribution in [1.82, 2.24) is 0 Å². The first-order valence-corrected chi connectivity index (χ1v) is 10.0. The van der Waals surface area contributed by atoms with Gasteiger partial charge in [0.15, 0.2) is 32.9 Å². The highest BCUT2D eigenvalue weighted by atomic mass is 35.5. The predicted molar refractivity (Wildman–Crippen MR) is 92.0 cm³/mol. The zero-order chi connectivity index (χ0) is 18.8. The van der Waals surface area contributed by atoms with Crippen molar-refractivity contribution < 1.29 is 27.5 Å². The van der Waals surface area contributed by atoms with E-state index in [1.165, 1.54) is 19.1 Å². The summed E-state index contributed by atoms with van der Waals surface area (Å²) in [5, 5.41) is -0.187. The molecular weight excluding hydrogens is 368 g/mol. The Bertz CT molecular complexity index is 812. The van der Waals surface area contributed by atoms with Gasteiger partial charge in [-0.2, -0.15) is 0 Å². The van der Waals surface area contributed by atoms with E-state index in [-0.39, 0.29) is 46.4 Å². The van der Waals surface area contributed by atoms with Gasteiger partial charge in [-0.05, 0) is 25.5 Å². The van der Waals surface area contributed by atoms with Crippen LogP contribution in [0.15, 0.2) is 17.0 Å². The summed E-state index contributed by atoms with van der Waals surface area (Å²) in [4.78, 5) is 36.6. The number of ether oxygens (including phenoxy) is 1. The van der Waals surface area contributed by atoms with Gasteiger partial charge < -0.3 is 4.74 Å². The molecule has 0 radical (unpaired) electrons. The number of halogens is 1. The van der Waals surface area contributed by atoms with E-state index in [1.807, 2.05) is 0 Å². The van der Waals surface area contributed by atoms with E-state index >= 15 is 0 Å². The standard InChI is InChI=1S/C17H19ClO6S/c1-3-24-17-13(25(22,23)4-2)9-8-10(15(17)18)16(21)14-11(19)6-5-7-12(14)20/h8-9,14H,3-7H2,1-2H3. The molecule has 0 aliphatic heterocycles. The van der Waals surface area contributed by atoms with E-state index in [4.69, 9.17) is 16.3 Å². The van der Waals surface area contributed by atoms with Gasteiger partial charge in [-0.25, -0.2) is 8.42 Å². The summed E-state index contributed by atoms with van der Waals surface area (Å²) in [6.45, 7) is 3.28. The Kier molecular flexibility index (Phi) is 6.00. The highest BCUT2D eigenvalue weighted by molar-refractivity contribution is 7.91. The van der Waals surface area contributed by atoms with E-state index in [2.05, 4.69) is 0 Å². The number of Topliss-reactive ketones (excluding diaryl/α,β-unsaturated/α-hetero) is 3. The quantitative estimate of drug-likeness (QED) is 0.551. The lowest BCUT2D eigenvalue weighted by Gasteiger charge is -2.20. The van der Waals surface area contributed by atoms with Crippen LogP contribution in [0.4, 0.5) is 0 Å². The van der Waals surface area contributed by atoms with Crippen LogP contribution in [0, 0.1) is 5.92 Å². The maximum Gasteiger partial charge on any atom is 0.182 e. The highest BCUT2D eigenvalue weighted by Gasteiger charge is 2.38. The van der Waals surface area contributed by atoms with E-state index in [0.717, 1.165) is 0 Å². The molecule has 2 rings (SSSR count). The number of rotatable bonds is 6. The second-order valence-corrected chi connectivity index (χ2v) is 8.30. The Labute approximate surface area is 151 Å². The molecule has 0 aromatic heterocycles. The number of sulfone groups is 1. The Balaban J connectivity index is 2.56. The first-order chi connectivity index (χ1) is 11.7. The maximum absolute atomic E-state index is 12.7. The second kappa shape index (κ2) is 7.66. The van der Waals surface area contributed by atoms with Gasteiger partial charge in [0, 0.05) is 18.4 Å². The molecule has 0 bridgehead atoms. The minimum Gasteiger partial charge on any atom is -0.491 e. The van der Waals surface area contributed by atoms with Crippen LogP contribution in [0.2, 0.25) is 5.02 Å². The monoisotopic (exact) mass is 386 g/mol. The summed E-state index contributed by atoms with van der Waals surface area (Å²) < 4.78 is 29.8. The fourth-order valence-electron chi connectivity index (χ4n) is 2.76. The van der Waals surface area contributed by atoms with Gasteiger partial charge in [-0.15, -0.1) is 0 Å². The third-order valence-corrected chi connectivity index (χ3v) is 6.21. The van der Waals surface area contributed by atoms with Crippen molar-refractivity contribution >= 4 is 38.8 Å². The lowest BCUT2D eigenvalue weighted by atomic mass is 9.81. The zero-order valence-electron chi connectivity index (χ0n) is 14.0. The van der Waals surface area contributed by atoms with Crippen LogP contribution in [0.3, 0.4) is 0 Å². The van der Waals surface area contributed by atoms with E-state index in [0.29, 0.717) is 6.42 Å². The van der Waals surface area contributed by atoms with Crippen LogP contribution in [-0.4, -0.2) is 38.1 Å². The van der Waals surface area contributed by atoms with Gasteiger partial charge in [-0.1, -0.05) is 18.5 Å². The first kappa shape index (κ1) is 19.6. The molecule has 0 amide bonds. The second-order valence-electron chi connectivity index (χ2n) is 5.67. The molecule has 8 heteroatoms. The lowest BCUT2D eigenvalue weighted by molar-refractivity contribution is -0.133. The molecule has 1 aromatic rings. The number of hydrogen-bond donors (Lipinski definition) is 0. The Morgan fingerprint density at radius 2 is 1.80 bits per heavy atom. The molecule has 0 heterocycles. The molecular formula is C17H19ClO6S. The highest BCUT2D eigenvalue weighted by Crippen LogP contribution is 2.37. The van der Waals surface area contributed by atoms with Crippen molar-refractivity contribution in [1.29, 1.82) is 0 Å². The van der Waals surface area contributed by atoms with Crippen molar-refractivity contribution in [3.63, 3.8) is 0 Å². The smallest absolute Gasteiger partial charge is 0.182 e. The van der Waals surface area contributed by atoms with Crippen LogP contribution < -0.4 is 4.74 Å². The molecule has 1 fully saturated rings. The minimum atomic E-state index is -3.62. The third-order valence-electron chi connectivity index (χ3n) is 4.08. The first-order valence-electron chi connectivity index (χ1n) is 8.02. The van der Waals surface area contributed by atoms with E-state index in [1.54, 1.807) is 6.92 Å². The summed E-state index contributed by atoms with van der Waals surface area (Å²) in [7, 11) is -3.62. The van der Waals surface area contributed by atoms with Gasteiger partial charge in [0.2, 0.25) is 0 Å². The molecule has 1 aromatic carbocycles. The van der Waals surface area contributed by atoms with Gasteiger partial charge in [-0.3, -0.25) is 14.4 Å². The summed E-state index contributed by atoms with van der Waals surface area (Å²) in [5.74, 6) is -3.21. The van der Waals surface area contributed by atoms with Gasteiger partial charge in [0.1, 0.15) is 10.8 Å². The molecule has 0 saturated heterocycles. The number of carbonyl (C=O) groups excluding carboxylic acids is 3. The SMILES string of the molecule is CCOc1c(S(=O)(=O)CC)ccc(C(=O)C2C(=O)CCCC2=O)c1Cl. The molecule has 1 aliphatic rings. The van der Waals surface area contributed by atoms with Crippen molar-refractivity contribution in [3.8, 4) is 5.75 Å². The number of carbonyl (C=O) groups is 3. The molecule has 0 N–H and O–H groups in total. The molecule has 1 aliphatic carbocycles. The van der Waals surface area contributed by atoms with Crippen LogP contribution in [0.1, 0.15) is 43.5 Å². The molecule has 6 nitrogen and oxygen atoms in total. The molecule has 0 atom stereocenters. The van der Waals surface area contributed by atoms with Crippen LogP contribution in [-0.2, 0) is 19.4 Å². The summed E-state index contributed by atoms with van der Waals surface area (Å²) >= 11 is 6.23. The third kappa shape index (κ3) is 3.77. The van der Waals surface area contributed by atoms with E-state index < -0.39 is 33.1 Å². The topological polar surface area (TPSA) is 94.6 Å². The summed E-state index contributed by atoms with van der Waals surface area (Å²) in [6, 6.07) is 2.48. The number of ketones is 3. The Morgan fingerprint density at radius 3 is 2.32 bits per heavy atom. The Morgan fingerprint density at radius 1 is 1.20 bits per heavy atom. The maximum atomic E-state index is 12.7. The van der Waals surface area contributed by atoms with Crippen molar-refractivity contribution in [2.24, 2.45) is 5.92 Å². The molecule has 25 heavy (non-hydrogen) atoms. The number of hydrogen-bond acceptors (Lipinski definition) is 6. The fourth-order valence-corrected chi connectivity index (χ4v) is 4.16. The molecule has 1 saturated carbocycles. The van der Waals surface area contributed by atoms with Crippen LogP contribution >= 0.6 is 11.6 Å². The Hall–Kier alpha value is -1.73.